The summed E-state index contributed by atoms with van der Waals surface area (Å²) in [6.45, 7) is 2.74. The van der Waals surface area contributed by atoms with E-state index in [4.69, 9.17) is 4.84 Å². The van der Waals surface area contributed by atoms with Gasteiger partial charge in [-0.05, 0) is 46.5 Å². The number of hydroxylamine groups is 2. The van der Waals surface area contributed by atoms with Crippen LogP contribution in [0, 0.1) is 0 Å². The number of amides is 5. The summed E-state index contributed by atoms with van der Waals surface area (Å²) < 4.78 is 0. The van der Waals surface area contributed by atoms with Crippen LogP contribution in [-0.2, 0) is 24.0 Å². The number of fused-ring (bicyclic) bond motifs is 1. The zero-order chi connectivity index (χ0) is 23.8. The van der Waals surface area contributed by atoms with E-state index >= 15 is 0 Å². The highest BCUT2D eigenvalue weighted by Gasteiger charge is 2.49. The van der Waals surface area contributed by atoms with Crippen LogP contribution < -0.4 is 5.32 Å². The second-order valence-corrected chi connectivity index (χ2v) is 8.40. The van der Waals surface area contributed by atoms with Crippen molar-refractivity contribution in [1.82, 2.24) is 20.2 Å². The van der Waals surface area contributed by atoms with Crippen LogP contribution in [0.5, 0.6) is 0 Å². The summed E-state index contributed by atoms with van der Waals surface area (Å²) in [7, 11) is 3.35. The Morgan fingerprint density at radius 2 is 1.66 bits per heavy atom. The lowest BCUT2D eigenvalue weighted by Gasteiger charge is -2.34. The molecule has 1 saturated heterocycles. The van der Waals surface area contributed by atoms with Crippen molar-refractivity contribution in [1.29, 1.82) is 0 Å². The molecule has 11 nitrogen and oxygen atoms in total. The highest BCUT2D eigenvalue weighted by Crippen LogP contribution is 2.29. The topological polar surface area (TPSA) is 133 Å². The number of hydrogen-bond donors (Lipinski definition) is 1. The van der Waals surface area contributed by atoms with Crippen LogP contribution in [0.25, 0.3) is 0 Å². The first kappa shape index (κ1) is 23.1. The average Bonchev–Trinajstić information content (AvgIpc) is 2.95. The van der Waals surface area contributed by atoms with Gasteiger partial charge in [0.2, 0.25) is 5.91 Å². The van der Waals surface area contributed by atoms with E-state index in [2.05, 4.69) is 5.32 Å². The van der Waals surface area contributed by atoms with Gasteiger partial charge in [-0.25, -0.2) is 4.79 Å². The molecule has 3 rings (SSSR count). The van der Waals surface area contributed by atoms with Crippen LogP contribution in [0.1, 0.15) is 47.4 Å². The second-order valence-electron chi connectivity index (χ2n) is 8.40. The van der Waals surface area contributed by atoms with Crippen LogP contribution in [-0.4, -0.2) is 82.6 Å². The number of imide groups is 2. The molecule has 0 radical (unpaired) electrons. The van der Waals surface area contributed by atoms with Gasteiger partial charge in [0.1, 0.15) is 11.6 Å². The van der Waals surface area contributed by atoms with Gasteiger partial charge in [-0.1, -0.05) is 12.1 Å². The Kier molecular flexibility index (Phi) is 6.13. The Labute approximate surface area is 184 Å². The van der Waals surface area contributed by atoms with E-state index in [1.807, 2.05) is 0 Å². The fourth-order valence-corrected chi connectivity index (χ4v) is 3.49. The summed E-state index contributed by atoms with van der Waals surface area (Å²) in [4.78, 5) is 82.8. The number of carbonyl (C=O) groups excluding carboxylic acids is 6. The third-order valence-corrected chi connectivity index (χ3v) is 5.08. The fraction of sp³-hybridized carbons (Fsp3) is 0.429. The molecular formula is C21H24N4O7. The molecule has 2 aliphatic heterocycles. The van der Waals surface area contributed by atoms with Gasteiger partial charge in [0.05, 0.1) is 17.7 Å². The number of nitrogens with one attached hydrogen (secondary N) is 1. The molecule has 0 saturated carbocycles. The lowest BCUT2D eigenvalue weighted by molar-refractivity contribution is -0.211. The molecule has 1 atom stereocenters. The fourth-order valence-electron chi connectivity index (χ4n) is 3.49. The number of benzene rings is 1. The molecule has 0 aromatic heterocycles. The van der Waals surface area contributed by atoms with Crippen molar-refractivity contribution >= 4 is 35.5 Å². The zero-order valence-corrected chi connectivity index (χ0v) is 18.2. The van der Waals surface area contributed by atoms with Gasteiger partial charge in [0, 0.05) is 6.42 Å². The van der Waals surface area contributed by atoms with Gasteiger partial charge in [0.25, 0.3) is 23.6 Å². The molecule has 0 spiro atoms. The molecule has 2 aliphatic rings. The van der Waals surface area contributed by atoms with Gasteiger partial charge in [-0.15, -0.1) is 5.06 Å². The van der Waals surface area contributed by atoms with Crippen LogP contribution in [0.2, 0.25) is 0 Å². The summed E-state index contributed by atoms with van der Waals surface area (Å²) in [5, 5.41) is 2.75. The standard InChI is InChI=1S/C21H24N4O7/c1-21(2,22-15(26)11-23(3)4)20(31)32-25-16(27)10-9-14(19(25)30)24-17(28)12-7-5-6-8-13(12)18(24)29/h5-8,14H,9-11H2,1-4H3,(H,22,26)/t14-/m0/s1. The van der Waals surface area contributed by atoms with Crippen molar-refractivity contribution < 1.29 is 33.6 Å². The molecule has 32 heavy (non-hydrogen) atoms. The van der Waals surface area contributed by atoms with E-state index in [0.29, 0.717) is 0 Å². The third-order valence-electron chi connectivity index (χ3n) is 5.08. The molecule has 1 fully saturated rings. The van der Waals surface area contributed by atoms with Crippen molar-refractivity contribution in [2.75, 3.05) is 20.6 Å². The molecule has 0 unspecified atom stereocenters. The van der Waals surface area contributed by atoms with Crippen molar-refractivity contribution in [3.8, 4) is 0 Å². The predicted molar refractivity (Wildman–Crippen MR) is 109 cm³/mol. The number of nitrogens with zero attached hydrogens (tertiary/aromatic N) is 3. The SMILES string of the molecule is CN(C)CC(=O)NC(C)(C)C(=O)ON1C(=O)CC[C@H](N2C(=O)c3ccccc3C2=O)C1=O. The van der Waals surface area contributed by atoms with Crippen molar-refractivity contribution in [2.45, 2.75) is 38.3 Å². The molecule has 1 N–H and O–H groups in total. The first-order valence-corrected chi connectivity index (χ1v) is 9.96. The molecule has 5 amide bonds. The molecule has 170 valence electrons. The molecule has 11 heteroatoms. The van der Waals surface area contributed by atoms with E-state index in [9.17, 15) is 28.8 Å². The number of piperidine rings is 1. The quantitative estimate of drug-likeness (QED) is 0.592. The van der Waals surface area contributed by atoms with Crippen LogP contribution in [0.15, 0.2) is 24.3 Å². The van der Waals surface area contributed by atoms with Crippen molar-refractivity contribution in [3.63, 3.8) is 0 Å². The second kappa shape index (κ2) is 8.50. The van der Waals surface area contributed by atoms with Crippen LogP contribution in [0.3, 0.4) is 0 Å². The minimum Gasteiger partial charge on any atom is -0.340 e. The Morgan fingerprint density at radius 1 is 1.09 bits per heavy atom. The Balaban J connectivity index is 1.76. The highest BCUT2D eigenvalue weighted by atomic mass is 16.7. The summed E-state index contributed by atoms with van der Waals surface area (Å²) >= 11 is 0. The lowest BCUT2D eigenvalue weighted by atomic mass is 10.0. The predicted octanol–water partition coefficient (Wildman–Crippen LogP) is -0.285. The minimum atomic E-state index is -1.55. The molecule has 0 bridgehead atoms. The molecule has 2 heterocycles. The van der Waals surface area contributed by atoms with E-state index in [1.165, 1.54) is 26.0 Å². The number of hydrogen-bond acceptors (Lipinski definition) is 8. The normalized spacial score (nSPS) is 18.8. The Morgan fingerprint density at radius 3 is 2.19 bits per heavy atom. The van der Waals surface area contributed by atoms with E-state index in [0.717, 1.165) is 4.90 Å². The average molecular weight is 444 g/mol. The van der Waals surface area contributed by atoms with Crippen molar-refractivity contribution in [2.24, 2.45) is 0 Å². The molecule has 1 aromatic rings. The van der Waals surface area contributed by atoms with Gasteiger partial charge in [-0.2, -0.15) is 0 Å². The smallest absolute Gasteiger partial charge is 0.340 e. The van der Waals surface area contributed by atoms with Gasteiger partial charge >= 0.3 is 5.97 Å². The van der Waals surface area contributed by atoms with Crippen molar-refractivity contribution in [3.05, 3.63) is 35.4 Å². The maximum Gasteiger partial charge on any atom is 0.357 e. The van der Waals surface area contributed by atoms with Gasteiger partial charge in [-0.3, -0.25) is 28.9 Å². The number of carbonyl (C=O) groups is 6. The minimum absolute atomic E-state index is 0.0140. The van der Waals surface area contributed by atoms with Crippen LogP contribution >= 0.6 is 0 Å². The maximum atomic E-state index is 13.0. The largest absolute Gasteiger partial charge is 0.357 e. The molecule has 1 aromatic carbocycles. The summed E-state index contributed by atoms with van der Waals surface area (Å²) in [6, 6.07) is 4.86. The summed E-state index contributed by atoms with van der Waals surface area (Å²) in [6.07, 6.45) is -0.301. The summed E-state index contributed by atoms with van der Waals surface area (Å²) in [5.41, 5.74) is -1.22. The Bertz CT molecular complexity index is 982. The van der Waals surface area contributed by atoms with Gasteiger partial charge in [0.15, 0.2) is 0 Å². The van der Waals surface area contributed by atoms with E-state index < -0.39 is 47.1 Å². The third kappa shape index (κ3) is 4.24. The summed E-state index contributed by atoms with van der Waals surface area (Å²) in [5.74, 6) is -4.60. The zero-order valence-electron chi connectivity index (χ0n) is 18.2. The van der Waals surface area contributed by atoms with E-state index in [-0.39, 0.29) is 35.6 Å². The highest BCUT2D eigenvalue weighted by molar-refractivity contribution is 6.23. The van der Waals surface area contributed by atoms with Gasteiger partial charge < -0.3 is 15.1 Å². The van der Waals surface area contributed by atoms with E-state index in [1.54, 1.807) is 31.1 Å². The maximum absolute atomic E-state index is 13.0. The lowest BCUT2D eigenvalue weighted by Crippen LogP contribution is -2.59. The Hall–Kier alpha value is -3.60. The first-order valence-electron chi connectivity index (χ1n) is 9.96. The first-order chi connectivity index (χ1) is 14.9. The monoisotopic (exact) mass is 444 g/mol. The van der Waals surface area contributed by atoms with Crippen LogP contribution in [0.4, 0.5) is 0 Å². The number of rotatable bonds is 6. The molecular weight excluding hydrogens is 420 g/mol. The number of likely N-dealkylation sites (N-methyl/N-ethyl adjacent to an activating group) is 1. The molecule has 0 aliphatic carbocycles.